The highest BCUT2D eigenvalue weighted by atomic mass is 16.3. The molecule has 0 spiro atoms. The number of amides is 1. The van der Waals surface area contributed by atoms with Crippen LogP contribution in [0.3, 0.4) is 0 Å². The molecule has 5 nitrogen and oxygen atoms in total. The zero-order valence-corrected chi connectivity index (χ0v) is 11.6. The summed E-state index contributed by atoms with van der Waals surface area (Å²) < 4.78 is 5.40. The van der Waals surface area contributed by atoms with Gasteiger partial charge in [0, 0.05) is 10.5 Å². The second-order valence-corrected chi connectivity index (χ2v) is 5.49. The first-order valence-corrected chi connectivity index (χ1v) is 6.22. The Hall–Kier alpha value is -2.52. The van der Waals surface area contributed by atoms with Gasteiger partial charge >= 0.3 is 0 Å². The lowest BCUT2D eigenvalue weighted by Gasteiger charge is -2.18. The maximum Gasteiger partial charge on any atom is 0.284 e. The number of carbonyl (C=O) groups is 1. The Bertz CT molecular complexity index is 672. The summed E-state index contributed by atoms with van der Waals surface area (Å²) in [6.45, 7) is 6.43. The second kappa shape index (κ2) is 5.23. The van der Waals surface area contributed by atoms with Crippen LogP contribution in [-0.2, 0) is 5.41 Å². The van der Waals surface area contributed by atoms with Crippen LogP contribution in [0, 0.1) is 0 Å². The summed E-state index contributed by atoms with van der Waals surface area (Å²) in [6, 6.07) is 11.2. The molecule has 0 bridgehead atoms. The summed E-state index contributed by atoms with van der Waals surface area (Å²) in [4.78, 5) is 13.8. The van der Waals surface area contributed by atoms with Gasteiger partial charge in [0.15, 0.2) is 5.76 Å². The van der Waals surface area contributed by atoms with E-state index in [1.54, 1.807) is 6.07 Å². The fourth-order valence-electron chi connectivity index (χ4n) is 1.83. The molecule has 0 aliphatic carbocycles. The van der Waals surface area contributed by atoms with Gasteiger partial charge in [-0.15, -0.1) is 0 Å². The van der Waals surface area contributed by atoms with Crippen LogP contribution < -0.4 is 0 Å². The van der Waals surface area contributed by atoms with Gasteiger partial charge in [-0.3, -0.25) is 4.79 Å². The molecule has 0 radical (unpaired) electrons. The van der Waals surface area contributed by atoms with Crippen LogP contribution >= 0.6 is 0 Å². The number of azide groups is 1. The Kier molecular flexibility index (Phi) is 3.63. The molecule has 0 saturated heterocycles. The van der Waals surface area contributed by atoms with Gasteiger partial charge in [-0.25, -0.2) is 0 Å². The van der Waals surface area contributed by atoms with Crippen LogP contribution in [0.25, 0.3) is 21.8 Å². The topological polar surface area (TPSA) is 79.0 Å². The lowest BCUT2D eigenvalue weighted by atomic mass is 9.86. The van der Waals surface area contributed by atoms with Gasteiger partial charge in [-0.05, 0) is 33.8 Å². The van der Waals surface area contributed by atoms with E-state index in [4.69, 9.17) is 9.95 Å². The molecule has 20 heavy (non-hydrogen) atoms. The van der Waals surface area contributed by atoms with Crippen LogP contribution in [0.1, 0.15) is 36.9 Å². The van der Waals surface area contributed by atoms with Gasteiger partial charge in [0.1, 0.15) is 5.76 Å². The monoisotopic (exact) mass is 269 g/mol. The van der Waals surface area contributed by atoms with Crippen molar-refractivity contribution >= 4 is 5.91 Å². The molecule has 0 unspecified atom stereocenters. The van der Waals surface area contributed by atoms with Crippen molar-refractivity contribution in [1.82, 2.24) is 0 Å². The molecule has 2 rings (SSSR count). The molecule has 2 aromatic rings. The number of furan rings is 1. The van der Waals surface area contributed by atoms with Gasteiger partial charge in [0.25, 0.3) is 5.91 Å². The number of hydrogen-bond donors (Lipinski definition) is 0. The zero-order chi connectivity index (χ0) is 14.8. The molecule has 0 fully saturated rings. The first-order chi connectivity index (χ1) is 9.41. The van der Waals surface area contributed by atoms with Crippen LogP contribution in [0.2, 0.25) is 0 Å². The van der Waals surface area contributed by atoms with Crippen molar-refractivity contribution < 1.29 is 9.21 Å². The summed E-state index contributed by atoms with van der Waals surface area (Å²) in [6.07, 6.45) is 0. The largest absolute Gasteiger partial charge is 0.453 e. The SMILES string of the molecule is CC(C)(C)c1ccc(-c2ccc(C(=O)N=[N+]=[N-])o2)cc1. The quantitative estimate of drug-likeness (QED) is 0.450. The van der Waals surface area contributed by atoms with Gasteiger partial charge in [-0.1, -0.05) is 45.0 Å². The maximum atomic E-state index is 11.4. The van der Waals surface area contributed by atoms with E-state index >= 15 is 0 Å². The molecule has 1 amide bonds. The lowest BCUT2D eigenvalue weighted by molar-refractivity contribution is 0.0975. The fraction of sp³-hybridized carbons (Fsp3) is 0.267. The van der Waals surface area contributed by atoms with Crippen LogP contribution in [0.15, 0.2) is 45.9 Å². The van der Waals surface area contributed by atoms with Gasteiger partial charge < -0.3 is 4.42 Å². The summed E-state index contributed by atoms with van der Waals surface area (Å²) >= 11 is 0. The van der Waals surface area contributed by atoms with Crippen LogP contribution in [0.4, 0.5) is 0 Å². The minimum Gasteiger partial charge on any atom is -0.453 e. The molecule has 0 N–H and O–H groups in total. The molecule has 5 heteroatoms. The Labute approximate surface area is 116 Å². The number of nitrogens with zero attached hydrogens (tertiary/aromatic N) is 3. The second-order valence-electron chi connectivity index (χ2n) is 5.49. The third-order valence-corrected chi connectivity index (χ3v) is 2.99. The fourth-order valence-corrected chi connectivity index (χ4v) is 1.83. The highest BCUT2D eigenvalue weighted by molar-refractivity contribution is 5.92. The third kappa shape index (κ3) is 2.90. The average molecular weight is 269 g/mol. The van der Waals surface area contributed by atoms with E-state index in [2.05, 4.69) is 30.8 Å². The van der Waals surface area contributed by atoms with E-state index in [1.165, 1.54) is 11.6 Å². The Balaban J connectivity index is 2.29. The Morgan fingerprint density at radius 3 is 2.35 bits per heavy atom. The molecule has 0 saturated carbocycles. The molecule has 102 valence electrons. The van der Waals surface area contributed by atoms with Crippen LogP contribution in [0.5, 0.6) is 0 Å². The molecular formula is C15H15N3O2. The summed E-state index contributed by atoms with van der Waals surface area (Å²) in [7, 11) is 0. The third-order valence-electron chi connectivity index (χ3n) is 2.99. The molecular weight excluding hydrogens is 254 g/mol. The molecule has 0 atom stereocenters. The number of carbonyl (C=O) groups excluding carboxylic acids is 1. The molecule has 1 aromatic heterocycles. The van der Waals surface area contributed by atoms with E-state index in [1.807, 2.05) is 24.3 Å². The standard InChI is InChI=1S/C15H15N3O2/c1-15(2,3)11-6-4-10(5-7-11)12-8-9-13(20-12)14(19)17-18-16/h4-9H,1-3H3. The molecule has 0 aliphatic heterocycles. The number of benzene rings is 1. The predicted octanol–water partition coefficient (Wildman–Crippen LogP) is 4.69. The first-order valence-electron chi connectivity index (χ1n) is 6.22. The molecule has 0 aliphatic rings. The van der Waals surface area contributed by atoms with Crippen molar-refractivity contribution in [2.45, 2.75) is 26.2 Å². The minimum atomic E-state index is -0.718. The average Bonchev–Trinajstić information content (AvgIpc) is 2.88. The van der Waals surface area contributed by atoms with Crippen molar-refractivity contribution in [1.29, 1.82) is 0 Å². The smallest absolute Gasteiger partial charge is 0.284 e. The van der Waals surface area contributed by atoms with E-state index < -0.39 is 5.91 Å². The lowest BCUT2D eigenvalue weighted by Crippen LogP contribution is -2.10. The Morgan fingerprint density at radius 2 is 1.80 bits per heavy atom. The van der Waals surface area contributed by atoms with Gasteiger partial charge in [0.2, 0.25) is 0 Å². The Morgan fingerprint density at radius 1 is 1.15 bits per heavy atom. The van der Waals surface area contributed by atoms with Crippen molar-refractivity contribution in [3.63, 3.8) is 0 Å². The predicted molar refractivity (Wildman–Crippen MR) is 76.3 cm³/mol. The zero-order valence-electron chi connectivity index (χ0n) is 11.6. The first kappa shape index (κ1) is 13.9. The van der Waals surface area contributed by atoms with Crippen LogP contribution in [-0.4, -0.2) is 5.91 Å². The van der Waals surface area contributed by atoms with Crippen molar-refractivity contribution in [2.75, 3.05) is 0 Å². The van der Waals surface area contributed by atoms with Crippen molar-refractivity contribution in [3.05, 3.63) is 58.2 Å². The summed E-state index contributed by atoms with van der Waals surface area (Å²) in [5.41, 5.74) is 10.4. The molecule has 1 aromatic carbocycles. The van der Waals surface area contributed by atoms with E-state index in [9.17, 15) is 4.79 Å². The number of rotatable bonds is 2. The van der Waals surface area contributed by atoms with E-state index in [0.29, 0.717) is 5.76 Å². The van der Waals surface area contributed by atoms with Gasteiger partial charge in [0.05, 0.1) is 0 Å². The highest BCUT2D eigenvalue weighted by Gasteiger charge is 2.14. The highest BCUT2D eigenvalue weighted by Crippen LogP contribution is 2.27. The summed E-state index contributed by atoms with van der Waals surface area (Å²) in [5.74, 6) is -0.107. The van der Waals surface area contributed by atoms with Crippen molar-refractivity contribution in [3.8, 4) is 11.3 Å². The van der Waals surface area contributed by atoms with E-state index in [-0.39, 0.29) is 11.2 Å². The number of hydrogen-bond acceptors (Lipinski definition) is 2. The summed E-state index contributed by atoms with van der Waals surface area (Å²) in [5, 5.41) is 3.00. The normalized spacial score (nSPS) is 10.9. The minimum absolute atomic E-state index is 0.0395. The molecule has 1 heterocycles. The maximum absolute atomic E-state index is 11.4. The van der Waals surface area contributed by atoms with Gasteiger partial charge in [-0.2, -0.15) is 0 Å². The van der Waals surface area contributed by atoms with E-state index in [0.717, 1.165) is 5.56 Å². The van der Waals surface area contributed by atoms with Crippen molar-refractivity contribution in [2.24, 2.45) is 5.11 Å².